The minimum Gasteiger partial charge on any atom is -0.444 e. The average Bonchev–Trinajstić information content (AvgIpc) is 2.36. The van der Waals surface area contributed by atoms with Crippen LogP contribution in [0.5, 0.6) is 0 Å². The van der Waals surface area contributed by atoms with Crippen LogP contribution in [0.15, 0.2) is 4.99 Å². The summed E-state index contributed by atoms with van der Waals surface area (Å²) in [6, 6.07) is 0.199. The number of amides is 1. The number of hydrogen-bond acceptors (Lipinski definition) is 4. The lowest BCUT2D eigenvalue weighted by Crippen LogP contribution is -2.63. The van der Waals surface area contributed by atoms with Gasteiger partial charge in [0.15, 0.2) is 5.96 Å². The Kier molecular flexibility index (Phi) is 10.6. The minimum atomic E-state index is -0.455. The molecule has 0 radical (unpaired) electrons. The van der Waals surface area contributed by atoms with E-state index in [0.717, 1.165) is 12.6 Å². The van der Waals surface area contributed by atoms with Gasteiger partial charge in [-0.05, 0) is 26.7 Å². The molecule has 1 fully saturated rings. The highest BCUT2D eigenvalue weighted by atomic mass is 127. The standard InChI is InChI=1S/C16H32N4O3.HI/c1-12(2)11-22-8-7-18-14(17-6)19-13-9-20(10-13)15(21)23-16(3,4)5;/h12-13H,7-11H2,1-6H3,(H2,17,18,19);1H. The van der Waals surface area contributed by atoms with Crippen LogP contribution in [0.25, 0.3) is 0 Å². The van der Waals surface area contributed by atoms with Crippen LogP contribution in [0.4, 0.5) is 4.79 Å². The topological polar surface area (TPSA) is 75.2 Å². The molecule has 0 spiro atoms. The van der Waals surface area contributed by atoms with Crippen LogP contribution >= 0.6 is 24.0 Å². The number of ether oxygens (including phenoxy) is 2. The molecule has 0 unspecified atom stereocenters. The maximum Gasteiger partial charge on any atom is 0.410 e. The molecule has 2 N–H and O–H groups in total. The Bertz CT molecular complexity index is 405. The van der Waals surface area contributed by atoms with Crippen molar-refractivity contribution < 1.29 is 14.3 Å². The van der Waals surface area contributed by atoms with Crippen molar-refractivity contribution in [3.8, 4) is 0 Å². The largest absolute Gasteiger partial charge is 0.444 e. The Labute approximate surface area is 162 Å². The molecule has 0 aliphatic carbocycles. The van der Waals surface area contributed by atoms with Gasteiger partial charge in [-0.3, -0.25) is 4.99 Å². The van der Waals surface area contributed by atoms with Crippen molar-refractivity contribution in [1.29, 1.82) is 0 Å². The van der Waals surface area contributed by atoms with Crippen LogP contribution < -0.4 is 10.6 Å². The van der Waals surface area contributed by atoms with Gasteiger partial charge in [0.1, 0.15) is 5.60 Å². The molecule has 8 heteroatoms. The Balaban J connectivity index is 0.00000529. The predicted molar refractivity (Wildman–Crippen MR) is 107 cm³/mol. The van der Waals surface area contributed by atoms with Gasteiger partial charge in [-0.25, -0.2) is 4.79 Å². The number of carbonyl (C=O) groups is 1. The first-order valence-corrected chi connectivity index (χ1v) is 8.24. The van der Waals surface area contributed by atoms with Crippen LogP contribution in [0.1, 0.15) is 34.6 Å². The second kappa shape index (κ2) is 11.0. The number of hydrogen-bond donors (Lipinski definition) is 2. The van der Waals surface area contributed by atoms with Gasteiger partial charge >= 0.3 is 6.09 Å². The fraction of sp³-hybridized carbons (Fsp3) is 0.875. The first-order valence-electron chi connectivity index (χ1n) is 8.24. The van der Waals surface area contributed by atoms with Crippen molar-refractivity contribution >= 4 is 36.0 Å². The molecular weight excluding hydrogens is 423 g/mol. The second-order valence-corrected chi connectivity index (χ2v) is 7.19. The van der Waals surface area contributed by atoms with E-state index in [1.807, 2.05) is 20.8 Å². The van der Waals surface area contributed by atoms with Crippen LogP contribution in [-0.4, -0.2) is 68.5 Å². The Morgan fingerprint density at radius 1 is 1.33 bits per heavy atom. The molecule has 24 heavy (non-hydrogen) atoms. The van der Waals surface area contributed by atoms with Gasteiger partial charge in [-0.2, -0.15) is 0 Å². The molecule has 0 aromatic rings. The van der Waals surface area contributed by atoms with E-state index in [2.05, 4.69) is 29.5 Å². The summed E-state index contributed by atoms with van der Waals surface area (Å²) >= 11 is 0. The lowest BCUT2D eigenvalue weighted by atomic mass is 10.1. The van der Waals surface area contributed by atoms with Gasteiger partial charge in [0, 0.05) is 33.3 Å². The number of nitrogens with one attached hydrogen (secondary N) is 2. The molecular formula is C16H33IN4O3. The molecule has 0 aromatic carbocycles. The highest BCUT2D eigenvalue weighted by Crippen LogP contribution is 2.15. The van der Waals surface area contributed by atoms with E-state index in [9.17, 15) is 4.79 Å². The highest BCUT2D eigenvalue weighted by Gasteiger charge is 2.34. The molecule has 1 aliphatic rings. The van der Waals surface area contributed by atoms with Crippen molar-refractivity contribution in [2.24, 2.45) is 10.9 Å². The number of likely N-dealkylation sites (tertiary alicyclic amines) is 1. The molecule has 1 amide bonds. The maximum absolute atomic E-state index is 11.9. The van der Waals surface area contributed by atoms with Crippen molar-refractivity contribution in [2.45, 2.75) is 46.3 Å². The monoisotopic (exact) mass is 456 g/mol. The summed E-state index contributed by atoms with van der Waals surface area (Å²) in [4.78, 5) is 17.7. The van der Waals surface area contributed by atoms with Gasteiger partial charge in [-0.15, -0.1) is 24.0 Å². The Morgan fingerprint density at radius 2 is 1.96 bits per heavy atom. The van der Waals surface area contributed by atoms with Gasteiger partial charge in [0.05, 0.1) is 12.6 Å². The van der Waals surface area contributed by atoms with Crippen LogP contribution in [0.2, 0.25) is 0 Å². The van der Waals surface area contributed by atoms with Crippen molar-refractivity contribution in [3.05, 3.63) is 0 Å². The SMILES string of the molecule is CN=C(NCCOCC(C)C)NC1CN(C(=O)OC(C)(C)C)C1.I. The zero-order chi connectivity index (χ0) is 17.5. The maximum atomic E-state index is 11.9. The second-order valence-electron chi connectivity index (χ2n) is 7.19. The Hall–Kier alpha value is -0.770. The molecule has 1 heterocycles. The zero-order valence-electron chi connectivity index (χ0n) is 15.7. The zero-order valence-corrected chi connectivity index (χ0v) is 18.0. The van der Waals surface area contributed by atoms with Crippen molar-refractivity contribution in [1.82, 2.24) is 15.5 Å². The van der Waals surface area contributed by atoms with Gasteiger partial charge < -0.3 is 25.0 Å². The lowest BCUT2D eigenvalue weighted by molar-refractivity contribution is 0.00700. The third kappa shape index (κ3) is 9.51. The smallest absolute Gasteiger partial charge is 0.410 e. The van der Waals surface area contributed by atoms with Gasteiger partial charge in [0.2, 0.25) is 0 Å². The molecule has 0 aromatic heterocycles. The summed E-state index contributed by atoms with van der Waals surface area (Å²) < 4.78 is 10.8. The number of nitrogens with zero attached hydrogens (tertiary/aromatic N) is 2. The van der Waals surface area contributed by atoms with Crippen molar-refractivity contribution in [3.63, 3.8) is 0 Å². The normalized spacial score (nSPS) is 15.6. The first kappa shape index (κ1) is 23.2. The molecule has 1 aliphatic heterocycles. The number of halogens is 1. The number of aliphatic imine (C=N–C) groups is 1. The molecule has 1 rings (SSSR count). The van der Waals surface area contributed by atoms with Crippen LogP contribution in [0, 0.1) is 5.92 Å². The predicted octanol–water partition coefficient (Wildman–Crippen LogP) is 2.06. The number of guanidine groups is 1. The molecule has 0 bridgehead atoms. The van der Waals surface area contributed by atoms with Crippen molar-refractivity contribution in [2.75, 3.05) is 39.9 Å². The van der Waals surface area contributed by atoms with E-state index in [1.54, 1.807) is 11.9 Å². The quantitative estimate of drug-likeness (QED) is 0.277. The summed E-state index contributed by atoms with van der Waals surface area (Å²) in [5.74, 6) is 1.27. The average molecular weight is 456 g/mol. The third-order valence-electron chi connectivity index (χ3n) is 3.09. The summed E-state index contributed by atoms with van der Waals surface area (Å²) in [6.45, 7) is 13.2. The molecule has 142 valence electrons. The first-order chi connectivity index (χ1) is 10.7. The molecule has 0 saturated carbocycles. The van der Waals surface area contributed by atoms with Crippen LogP contribution in [0.3, 0.4) is 0 Å². The number of carbonyl (C=O) groups excluding carboxylic acids is 1. The van der Waals surface area contributed by atoms with E-state index in [1.165, 1.54) is 0 Å². The summed E-state index contributed by atoms with van der Waals surface area (Å²) in [5, 5.41) is 6.49. The molecule has 7 nitrogen and oxygen atoms in total. The van der Waals surface area contributed by atoms with Gasteiger partial charge in [-0.1, -0.05) is 13.8 Å². The highest BCUT2D eigenvalue weighted by molar-refractivity contribution is 14.0. The minimum absolute atomic E-state index is 0. The fourth-order valence-corrected chi connectivity index (χ4v) is 1.99. The van der Waals surface area contributed by atoms with E-state index in [0.29, 0.717) is 32.2 Å². The fourth-order valence-electron chi connectivity index (χ4n) is 1.99. The van der Waals surface area contributed by atoms with E-state index in [4.69, 9.17) is 9.47 Å². The third-order valence-corrected chi connectivity index (χ3v) is 3.09. The Morgan fingerprint density at radius 3 is 2.46 bits per heavy atom. The van der Waals surface area contributed by atoms with E-state index in [-0.39, 0.29) is 36.1 Å². The summed E-state index contributed by atoms with van der Waals surface area (Å²) in [7, 11) is 1.73. The lowest BCUT2D eigenvalue weighted by Gasteiger charge is -2.40. The summed E-state index contributed by atoms with van der Waals surface area (Å²) in [6.07, 6.45) is -0.263. The van der Waals surface area contributed by atoms with E-state index >= 15 is 0 Å². The molecule has 1 saturated heterocycles. The van der Waals surface area contributed by atoms with Crippen LogP contribution in [-0.2, 0) is 9.47 Å². The molecule has 0 atom stereocenters. The van der Waals surface area contributed by atoms with Gasteiger partial charge in [0.25, 0.3) is 0 Å². The van der Waals surface area contributed by atoms with E-state index < -0.39 is 5.60 Å². The number of rotatable bonds is 6. The summed E-state index contributed by atoms with van der Waals surface area (Å²) in [5.41, 5.74) is -0.455.